The van der Waals surface area contributed by atoms with Crippen LogP contribution in [0.5, 0.6) is 0 Å². The summed E-state index contributed by atoms with van der Waals surface area (Å²) in [4.78, 5) is 25.1. The molecule has 0 bridgehead atoms. The highest BCUT2D eigenvalue weighted by atomic mass is 19.4. The Morgan fingerprint density at radius 3 is 2.42 bits per heavy atom. The van der Waals surface area contributed by atoms with Gasteiger partial charge in [0.05, 0.1) is 12.0 Å². The van der Waals surface area contributed by atoms with Gasteiger partial charge in [-0.15, -0.1) is 0 Å². The van der Waals surface area contributed by atoms with E-state index in [2.05, 4.69) is 5.32 Å². The normalized spacial score (nSPS) is 20.5. The molecule has 1 aromatic rings. The molecule has 2 atom stereocenters. The third kappa shape index (κ3) is 4.56. The van der Waals surface area contributed by atoms with Gasteiger partial charge < -0.3 is 5.32 Å². The number of halogens is 3. The van der Waals surface area contributed by atoms with Crippen LogP contribution < -0.4 is 5.32 Å². The molecular formula is C17H21F3N2O2. The molecule has 1 fully saturated rings. The summed E-state index contributed by atoms with van der Waals surface area (Å²) in [5, 5.41) is 2.69. The third-order valence-corrected chi connectivity index (χ3v) is 4.40. The van der Waals surface area contributed by atoms with Gasteiger partial charge in [0, 0.05) is 17.8 Å². The molecule has 0 unspecified atom stereocenters. The lowest BCUT2D eigenvalue weighted by Crippen LogP contribution is -2.49. The zero-order valence-electron chi connectivity index (χ0n) is 13.7. The second-order valence-electron chi connectivity index (χ2n) is 6.17. The zero-order valence-corrected chi connectivity index (χ0v) is 13.7. The Morgan fingerprint density at radius 2 is 1.88 bits per heavy atom. The van der Waals surface area contributed by atoms with E-state index in [9.17, 15) is 22.8 Å². The zero-order chi connectivity index (χ0) is 17.9. The first-order valence-electron chi connectivity index (χ1n) is 7.91. The molecule has 1 saturated heterocycles. The monoisotopic (exact) mass is 342 g/mol. The van der Waals surface area contributed by atoms with Gasteiger partial charge in [-0.3, -0.25) is 14.5 Å². The highest BCUT2D eigenvalue weighted by Crippen LogP contribution is 2.33. The average molecular weight is 342 g/mol. The van der Waals surface area contributed by atoms with Crippen molar-refractivity contribution in [2.24, 2.45) is 5.92 Å². The number of benzene rings is 1. The van der Waals surface area contributed by atoms with Crippen LogP contribution in [0.2, 0.25) is 0 Å². The van der Waals surface area contributed by atoms with Crippen LogP contribution in [-0.2, 0) is 4.79 Å². The average Bonchev–Trinajstić information content (AvgIpc) is 2.54. The minimum atomic E-state index is -4.22. The Bertz CT molecular complexity index is 599. The maximum absolute atomic E-state index is 12.9. The van der Waals surface area contributed by atoms with Crippen molar-refractivity contribution in [3.63, 3.8) is 0 Å². The Morgan fingerprint density at radius 1 is 1.25 bits per heavy atom. The van der Waals surface area contributed by atoms with Gasteiger partial charge in [0.1, 0.15) is 0 Å². The SMILES string of the molecule is CC(=O)c1ccc(NC(=O)[C@H](C)N2CCC[C@@H](C(F)(F)F)C2)cc1. The number of nitrogens with zero attached hydrogens (tertiary/aromatic N) is 1. The van der Waals surface area contributed by atoms with Crippen LogP contribution in [0.25, 0.3) is 0 Å². The molecule has 0 spiro atoms. The molecule has 4 nitrogen and oxygen atoms in total. The first kappa shape index (κ1) is 18.4. The molecule has 2 rings (SSSR count). The van der Waals surface area contributed by atoms with Gasteiger partial charge in [-0.25, -0.2) is 0 Å². The van der Waals surface area contributed by atoms with Crippen molar-refractivity contribution in [2.75, 3.05) is 18.4 Å². The topological polar surface area (TPSA) is 49.4 Å². The van der Waals surface area contributed by atoms with Crippen molar-refractivity contribution in [1.29, 1.82) is 0 Å². The Kier molecular flexibility index (Phi) is 5.64. The summed E-state index contributed by atoms with van der Waals surface area (Å²) in [6, 6.07) is 5.76. The van der Waals surface area contributed by atoms with E-state index >= 15 is 0 Å². The van der Waals surface area contributed by atoms with E-state index in [0.29, 0.717) is 24.2 Å². The molecule has 1 heterocycles. The number of nitrogens with one attached hydrogen (secondary N) is 1. The fourth-order valence-electron chi connectivity index (χ4n) is 2.83. The van der Waals surface area contributed by atoms with Crippen LogP contribution in [0.3, 0.4) is 0 Å². The predicted molar refractivity (Wildman–Crippen MR) is 84.9 cm³/mol. The van der Waals surface area contributed by atoms with E-state index in [1.807, 2.05) is 0 Å². The van der Waals surface area contributed by atoms with Crippen LogP contribution in [0, 0.1) is 5.92 Å². The predicted octanol–water partition coefficient (Wildman–Crippen LogP) is 3.49. The molecule has 0 radical (unpaired) electrons. The van der Waals surface area contributed by atoms with E-state index in [1.165, 1.54) is 6.92 Å². The van der Waals surface area contributed by atoms with Crippen LogP contribution in [0.4, 0.5) is 18.9 Å². The smallest absolute Gasteiger partial charge is 0.325 e. The van der Waals surface area contributed by atoms with Crippen LogP contribution in [0.15, 0.2) is 24.3 Å². The Balaban J connectivity index is 1.97. The van der Waals surface area contributed by atoms with Gasteiger partial charge in [0.15, 0.2) is 5.78 Å². The van der Waals surface area contributed by atoms with Crippen molar-refractivity contribution in [3.05, 3.63) is 29.8 Å². The Hall–Kier alpha value is -1.89. The van der Waals surface area contributed by atoms with Crippen molar-refractivity contribution in [2.45, 2.75) is 38.9 Å². The molecular weight excluding hydrogens is 321 g/mol. The number of Topliss-reactive ketones (excluding diaryl/α,β-unsaturated/α-hetero) is 1. The van der Waals surface area contributed by atoms with Gasteiger partial charge in [-0.2, -0.15) is 13.2 Å². The molecule has 0 aliphatic carbocycles. The number of carbonyl (C=O) groups is 2. The van der Waals surface area contributed by atoms with Gasteiger partial charge in [0.25, 0.3) is 0 Å². The van der Waals surface area contributed by atoms with E-state index < -0.39 is 18.1 Å². The highest BCUT2D eigenvalue weighted by molar-refractivity contribution is 5.96. The molecule has 1 N–H and O–H groups in total. The van der Waals surface area contributed by atoms with Crippen molar-refractivity contribution >= 4 is 17.4 Å². The van der Waals surface area contributed by atoms with Gasteiger partial charge in [-0.1, -0.05) is 0 Å². The number of carbonyl (C=O) groups excluding carboxylic acids is 2. The van der Waals surface area contributed by atoms with E-state index in [0.717, 1.165) is 0 Å². The first-order valence-corrected chi connectivity index (χ1v) is 7.91. The molecule has 0 saturated carbocycles. The molecule has 132 valence electrons. The first-order chi connectivity index (χ1) is 11.2. The third-order valence-electron chi connectivity index (χ3n) is 4.40. The van der Waals surface area contributed by atoms with E-state index in [4.69, 9.17) is 0 Å². The second kappa shape index (κ2) is 7.34. The molecule has 1 amide bonds. The van der Waals surface area contributed by atoms with Crippen LogP contribution in [-0.4, -0.2) is 41.9 Å². The molecule has 7 heteroatoms. The molecule has 1 aliphatic heterocycles. The highest BCUT2D eigenvalue weighted by Gasteiger charge is 2.43. The summed E-state index contributed by atoms with van der Waals surface area (Å²) in [5.74, 6) is -1.81. The molecule has 1 aromatic carbocycles. The van der Waals surface area contributed by atoms with Gasteiger partial charge in [-0.05, 0) is 57.5 Å². The fraction of sp³-hybridized carbons (Fsp3) is 0.529. The largest absolute Gasteiger partial charge is 0.393 e. The van der Waals surface area contributed by atoms with Crippen LogP contribution in [0.1, 0.15) is 37.0 Å². The van der Waals surface area contributed by atoms with E-state index in [1.54, 1.807) is 36.1 Å². The lowest BCUT2D eigenvalue weighted by molar-refractivity contribution is -0.188. The number of amides is 1. The minimum absolute atomic E-state index is 0.0762. The van der Waals surface area contributed by atoms with Crippen molar-refractivity contribution in [3.8, 4) is 0 Å². The summed E-state index contributed by atoms with van der Waals surface area (Å²) in [6.45, 7) is 3.38. The second-order valence-corrected chi connectivity index (χ2v) is 6.17. The summed E-state index contributed by atoms with van der Waals surface area (Å²) in [7, 11) is 0. The Labute approximate surface area is 139 Å². The van der Waals surface area contributed by atoms with Gasteiger partial charge >= 0.3 is 6.18 Å². The number of rotatable bonds is 4. The van der Waals surface area contributed by atoms with Crippen molar-refractivity contribution < 1.29 is 22.8 Å². The van der Waals surface area contributed by atoms with Gasteiger partial charge in [0.2, 0.25) is 5.91 Å². The van der Waals surface area contributed by atoms with E-state index in [-0.39, 0.29) is 24.7 Å². The molecule has 0 aromatic heterocycles. The van der Waals surface area contributed by atoms with Crippen molar-refractivity contribution in [1.82, 2.24) is 4.90 Å². The minimum Gasteiger partial charge on any atom is -0.325 e. The number of anilines is 1. The number of alkyl halides is 3. The maximum Gasteiger partial charge on any atom is 0.393 e. The standard InChI is InChI=1S/C17H21F3N2O2/c1-11(22-9-3-4-14(10-22)17(18,19)20)16(24)21-15-7-5-13(6-8-15)12(2)23/h5-8,11,14H,3-4,9-10H2,1-2H3,(H,21,24)/t11-,14+/m0/s1. The number of likely N-dealkylation sites (tertiary alicyclic amines) is 1. The summed E-state index contributed by atoms with van der Waals surface area (Å²) < 4.78 is 38.6. The number of piperidine rings is 1. The quantitative estimate of drug-likeness (QED) is 0.852. The van der Waals surface area contributed by atoms with Crippen LogP contribution >= 0.6 is 0 Å². The summed E-state index contributed by atoms with van der Waals surface area (Å²) in [6.07, 6.45) is -3.69. The fourth-order valence-corrected chi connectivity index (χ4v) is 2.83. The molecule has 1 aliphatic rings. The molecule has 24 heavy (non-hydrogen) atoms. The summed E-state index contributed by atoms with van der Waals surface area (Å²) in [5.41, 5.74) is 1.05. The summed E-state index contributed by atoms with van der Waals surface area (Å²) >= 11 is 0. The maximum atomic E-state index is 12.9. The number of hydrogen-bond donors (Lipinski definition) is 1. The number of ketones is 1. The lowest BCUT2D eigenvalue weighted by atomic mass is 9.96. The number of hydrogen-bond acceptors (Lipinski definition) is 3. The lowest BCUT2D eigenvalue weighted by Gasteiger charge is -2.36.